The van der Waals surface area contributed by atoms with E-state index in [4.69, 9.17) is 11.5 Å². The standard InChI is InChI=1S/C20H36N2O2/c21-17(23)19(13-14-19)11-9-7-5-3-1-2-4-6-8-10-12-20(15-16-20)18(22)24/h1-16H2,(H2,21,23)(H2,22,24). The maximum atomic E-state index is 11.3. The molecule has 0 radical (unpaired) electrons. The van der Waals surface area contributed by atoms with Crippen LogP contribution in [-0.2, 0) is 9.59 Å². The van der Waals surface area contributed by atoms with Crippen LogP contribution in [-0.4, -0.2) is 11.8 Å². The van der Waals surface area contributed by atoms with Crippen molar-refractivity contribution in [1.29, 1.82) is 0 Å². The second kappa shape index (κ2) is 8.87. The molecule has 0 aromatic carbocycles. The van der Waals surface area contributed by atoms with Crippen LogP contribution in [0.3, 0.4) is 0 Å². The Balaban J connectivity index is 1.31. The summed E-state index contributed by atoms with van der Waals surface area (Å²) in [6.07, 6.45) is 18.7. The number of hydrogen-bond donors (Lipinski definition) is 2. The molecule has 2 saturated carbocycles. The molecule has 2 amide bonds. The molecule has 2 aliphatic rings. The highest BCUT2D eigenvalue weighted by Gasteiger charge is 2.48. The molecule has 0 saturated heterocycles. The number of unbranched alkanes of at least 4 members (excludes halogenated alkanes) is 9. The molecule has 0 aliphatic heterocycles. The van der Waals surface area contributed by atoms with Crippen LogP contribution >= 0.6 is 0 Å². The minimum atomic E-state index is -0.104. The Morgan fingerprint density at radius 3 is 1.00 bits per heavy atom. The number of nitrogens with two attached hydrogens (primary N) is 2. The number of carbonyl (C=O) groups excluding carboxylic acids is 2. The van der Waals surface area contributed by atoms with E-state index in [1.807, 2.05) is 0 Å². The average molecular weight is 337 g/mol. The number of hydrogen-bond acceptors (Lipinski definition) is 2. The molecular weight excluding hydrogens is 300 g/mol. The minimum Gasteiger partial charge on any atom is -0.369 e. The molecule has 4 heteroatoms. The van der Waals surface area contributed by atoms with Crippen LogP contribution < -0.4 is 11.5 Å². The van der Waals surface area contributed by atoms with Gasteiger partial charge in [-0.2, -0.15) is 0 Å². The van der Waals surface area contributed by atoms with E-state index in [1.165, 1.54) is 51.4 Å². The Morgan fingerprint density at radius 2 is 0.792 bits per heavy atom. The first-order valence-corrected chi connectivity index (χ1v) is 10.1. The zero-order valence-electron chi connectivity index (χ0n) is 15.3. The Labute approximate surface area is 147 Å². The molecule has 0 heterocycles. The fourth-order valence-electron chi connectivity index (χ4n) is 3.88. The molecule has 4 N–H and O–H groups in total. The van der Waals surface area contributed by atoms with Gasteiger partial charge in [-0.1, -0.05) is 64.2 Å². The monoisotopic (exact) mass is 336 g/mol. The molecule has 2 fully saturated rings. The predicted molar refractivity (Wildman–Crippen MR) is 97.1 cm³/mol. The van der Waals surface area contributed by atoms with E-state index in [9.17, 15) is 9.59 Å². The first kappa shape index (κ1) is 19.3. The summed E-state index contributed by atoms with van der Waals surface area (Å²) in [5.41, 5.74) is 10.7. The van der Waals surface area contributed by atoms with Crippen molar-refractivity contribution in [2.75, 3.05) is 0 Å². The summed E-state index contributed by atoms with van der Waals surface area (Å²) in [6, 6.07) is 0. The number of amides is 2. The number of rotatable bonds is 15. The minimum absolute atomic E-state index is 0.0778. The second-order valence-electron chi connectivity index (χ2n) is 8.32. The Hall–Kier alpha value is -1.06. The average Bonchev–Trinajstić information content (AvgIpc) is 3.43. The van der Waals surface area contributed by atoms with Crippen molar-refractivity contribution in [1.82, 2.24) is 0 Å². The fraction of sp³-hybridized carbons (Fsp3) is 0.900. The molecule has 0 aromatic rings. The summed E-state index contributed by atoms with van der Waals surface area (Å²) in [4.78, 5) is 22.6. The van der Waals surface area contributed by atoms with Gasteiger partial charge >= 0.3 is 0 Å². The number of carbonyl (C=O) groups is 2. The Kier molecular flexibility index (Phi) is 7.12. The van der Waals surface area contributed by atoms with E-state index in [2.05, 4.69) is 0 Å². The highest BCUT2D eigenvalue weighted by molar-refractivity contribution is 5.83. The highest BCUT2D eigenvalue weighted by atomic mass is 16.2. The molecule has 0 atom stereocenters. The second-order valence-corrected chi connectivity index (χ2v) is 8.32. The lowest BCUT2D eigenvalue weighted by atomic mass is 9.96. The molecule has 138 valence electrons. The van der Waals surface area contributed by atoms with Crippen LogP contribution in [0.25, 0.3) is 0 Å². The summed E-state index contributed by atoms with van der Waals surface area (Å²) < 4.78 is 0. The molecule has 0 bridgehead atoms. The van der Waals surface area contributed by atoms with Crippen molar-refractivity contribution in [3.05, 3.63) is 0 Å². The van der Waals surface area contributed by atoms with Gasteiger partial charge in [-0.15, -0.1) is 0 Å². The molecule has 24 heavy (non-hydrogen) atoms. The Bertz CT molecular complexity index is 385. The van der Waals surface area contributed by atoms with Crippen LogP contribution in [0.4, 0.5) is 0 Å². The van der Waals surface area contributed by atoms with Gasteiger partial charge in [-0.3, -0.25) is 9.59 Å². The third kappa shape index (κ3) is 5.78. The molecule has 2 aliphatic carbocycles. The van der Waals surface area contributed by atoms with Gasteiger partial charge in [0.2, 0.25) is 11.8 Å². The van der Waals surface area contributed by atoms with Crippen molar-refractivity contribution in [3.8, 4) is 0 Å². The smallest absolute Gasteiger partial charge is 0.223 e. The van der Waals surface area contributed by atoms with E-state index < -0.39 is 0 Å². The van der Waals surface area contributed by atoms with E-state index in [0.29, 0.717) is 0 Å². The lowest BCUT2D eigenvalue weighted by molar-refractivity contribution is -0.124. The predicted octanol–water partition coefficient (Wildman–Crippen LogP) is 4.20. The largest absolute Gasteiger partial charge is 0.369 e. The van der Waals surface area contributed by atoms with Crippen molar-refractivity contribution >= 4 is 11.8 Å². The quantitative estimate of drug-likeness (QED) is 0.439. The van der Waals surface area contributed by atoms with Crippen LogP contribution in [0, 0.1) is 10.8 Å². The summed E-state index contributed by atoms with van der Waals surface area (Å²) >= 11 is 0. The molecular formula is C20H36N2O2. The zero-order valence-corrected chi connectivity index (χ0v) is 15.3. The Morgan fingerprint density at radius 1 is 0.542 bits per heavy atom. The number of primary amides is 2. The van der Waals surface area contributed by atoms with Gasteiger partial charge < -0.3 is 11.5 Å². The van der Waals surface area contributed by atoms with E-state index >= 15 is 0 Å². The van der Waals surface area contributed by atoms with E-state index in [1.54, 1.807) is 0 Å². The van der Waals surface area contributed by atoms with Gasteiger partial charge in [0.05, 0.1) is 0 Å². The SMILES string of the molecule is NC(=O)C1(CCCCCCCCCCCCC2(C(N)=O)CC2)CC1. The normalized spacial score (nSPS) is 19.8. The summed E-state index contributed by atoms with van der Waals surface area (Å²) in [5, 5.41) is 0. The van der Waals surface area contributed by atoms with E-state index in [0.717, 1.165) is 51.4 Å². The molecule has 0 spiro atoms. The van der Waals surface area contributed by atoms with Crippen molar-refractivity contribution in [3.63, 3.8) is 0 Å². The summed E-state index contributed by atoms with van der Waals surface area (Å²) in [6.45, 7) is 0. The van der Waals surface area contributed by atoms with Crippen molar-refractivity contribution < 1.29 is 9.59 Å². The van der Waals surface area contributed by atoms with Crippen molar-refractivity contribution in [2.24, 2.45) is 22.3 Å². The van der Waals surface area contributed by atoms with Gasteiger partial charge in [0.25, 0.3) is 0 Å². The van der Waals surface area contributed by atoms with Gasteiger partial charge in [0, 0.05) is 10.8 Å². The zero-order chi connectivity index (χ0) is 17.5. The third-order valence-corrected chi connectivity index (χ3v) is 6.31. The van der Waals surface area contributed by atoms with Crippen molar-refractivity contribution in [2.45, 2.75) is 103 Å². The fourth-order valence-corrected chi connectivity index (χ4v) is 3.88. The molecule has 2 rings (SSSR count). The lowest BCUT2D eigenvalue weighted by Crippen LogP contribution is -2.24. The maximum Gasteiger partial charge on any atom is 0.223 e. The highest BCUT2D eigenvalue weighted by Crippen LogP contribution is 2.50. The summed E-state index contributed by atoms with van der Waals surface area (Å²) in [7, 11) is 0. The maximum absolute atomic E-state index is 11.3. The molecule has 4 nitrogen and oxygen atoms in total. The van der Waals surface area contributed by atoms with Crippen LogP contribution in [0.15, 0.2) is 0 Å². The van der Waals surface area contributed by atoms with Crippen LogP contribution in [0.5, 0.6) is 0 Å². The first-order valence-electron chi connectivity index (χ1n) is 10.1. The topological polar surface area (TPSA) is 86.2 Å². The van der Waals surface area contributed by atoms with Gasteiger partial charge in [0.15, 0.2) is 0 Å². The van der Waals surface area contributed by atoms with E-state index in [-0.39, 0.29) is 22.6 Å². The lowest BCUT2D eigenvalue weighted by Gasteiger charge is -2.10. The first-order chi connectivity index (χ1) is 11.5. The van der Waals surface area contributed by atoms with Crippen LogP contribution in [0.2, 0.25) is 0 Å². The summed E-state index contributed by atoms with van der Waals surface area (Å²) in [5.74, 6) is -0.156. The van der Waals surface area contributed by atoms with Gasteiger partial charge in [-0.05, 0) is 38.5 Å². The van der Waals surface area contributed by atoms with Gasteiger partial charge in [0.1, 0.15) is 0 Å². The molecule has 0 unspecified atom stereocenters. The molecule has 0 aromatic heterocycles. The van der Waals surface area contributed by atoms with Crippen LogP contribution in [0.1, 0.15) is 103 Å². The van der Waals surface area contributed by atoms with Gasteiger partial charge in [-0.25, -0.2) is 0 Å². The third-order valence-electron chi connectivity index (χ3n) is 6.31.